The molecule has 2 heterocycles. The first-order valence-corrected chi connectivity index (χ1v) is 12.2. The summed E-state index contributed by atoms with van der Waals surface area (Å²) in [5.74, 6) is 2.61. The summed E-state index contributed by atoms with van der Waals surface area (Å²) in [5.41, 5.74) is 3.39. The van der Waals surface area contributed by atoms with Gasteiger partial charge in [-0.3, -0.25) is 4.79 Å². The maximum atomic E-state index is 12.6. The third-order valence-electron chi connectivity index (χ3n) is 5.84. The summed E-state index contributed by atoms with van der Waals surface area (Å²) in [7, 11) is 0. The van der Waals surface area contributed by atoms with Crippen LogP contribution in [0, 0.1) is 12.8 Å². The summed E-state index contributed by atoms with van der Waals surface area (Å²) in [4.78, 5) is 25.1. The van der Waals surface area contributed by atoms with E-state index in [0.29, 0.717) is 11.7 Å². The number of nitrogens with one attached hydrogen (secondary N) is 1. The van der Waals surface area contributed by atoms with Crippen LogP contribution >= 0.6 is 23.1 Å². The fraction of sp³-hybridized carbons (Fsp3) is 0.435. The molecule has 4 nitrogen and oxygen atoms in total. The van der Waals surface area contributed by atoms with Crippen LogP contribution in [0.5, 0.6) is 0 Å². The van der Waals surface area contributed by atoms with Crippen molar-refractivity contribution in [1.29, 1.82) is 0 Å². The van der Waals surface area contributed by atoms with Crippen LogP contribution < -0.4 is 5.32 Å². The zero-order valence-corrected chi connectivity index (χ0v) is 18.5. The highest BCUT2D eigenvalue weighted by molar-refractivity contribution is 8.00. The Bertz CT molecular complexity index is 1090. The minimum Gasteiger partial charge on any atom is -0.325 e. The van der Waals surface area contributed by atoms with Crippen molar-refractivity contribution in [3.05, 3.63) is 46.1 Å². The topological polar surface area (TPSA) is 54.9 Å². The molecule has 150 valence electrons. The van der Waals surface area contributed by atoms with E-state index in [1.54, 1.807) is 11.8 Å². The molecule has 1 aromatic carbocycles. The first kappa shape index (κ1) is 19.1. The molecule has 0 saturated heterocycles. The lowest BCUT2D eigenvalue weighted by molar-refractivity contribution is -0.113. The van der Waals surface area contributed by atoms with E-state index in [1.165, 1.54) is 35.1 Å². The summed E-state index contributed by atoms with van der Waals surface area (Å²) < 4.78 is 0. The zero-order chi connectivity index (χ0) is 20.0. The second kappa shape index (κ2) is 7.73. The lowest BCUT2D eigenvalue weighted by Gasteiger charge is -2.18. The predicted octanol–water partition coefficient (Wildman–Crippen LogP) is 5.73. The number of fused-ring (bicyclic) bond motifs is 3. The normalized spacial score (nSPS) is 18.6. The van der Waals surface area contributed by atoms with Crippen molar-refractivity contribution >= 4 is 44.9 Å². The molecule has 1 saturated carbocycles. The molecule has 1 N–H and O–H groups in total. The number of thioether (sulfide) groups is 1. The Hall–Kier alpha value is -1.92. The van der Waals surface area contributed by atoms with Crippen LogP contribution in [0.15, 0.2) is 29.3 Å². The van der Waals surface area contributed by atoms with Gasteiger partial charge < -0.3 is 5.32 Å². The van der Waals surface area contributed by atoms with Crippen molar-refractivity contribution in [1.82, 2.24) is 9.97 Å². The molecule has 5 rings (SSSR count). The predicted molar refractivity (Wildman–Crippen MR) is 121 cm³/mol. The number of anilines is 1. The average molecular weight is 424 g/mol. The van der Waals surface area contributed by atoms with Gasteiger partial charge in [-0.1, -0.05) is 36.9 Å². The number of aryl methyl sites for hydroxylation is 2. The monoisotopic (exact) mass is 423 g/mol. The van der Waals surface area contributed by atoms with Crippen LogP contribution in [0.3, 0.4) is 0 Å². The molecule has 6 heteroatoms. The molecule has 2 aliphatic rings. The fourth-order valence-corrected chi connectivity index (χ4v) is 6.30. The Kier molecular flexibility index (Phi) is 5.08. The van der Waals surface area contributed by atoms with E-state index >= 15 is 0 Å². The van der Waals surface area contributed by atoms with Gasteiger partial charge in [0, 0.05) is 21.9 Å². The van der Waals surface area contributed by atoms with Crippen LogP contribution in [0.1, 0.15) is 53.9 Å². The van der Waals surface area contributed by atoms with E-state index in [0.717, 1.165) is 45.7 Å². The molecule has 1 amide bonds. The maximum Gasteiger partial charge on any atom is 0.234 e. The van der Waals surface area contributed by atoms with Gasteiger partial charge in [-0.25, -0.2) is 9.97 Å². The molecule has 1 fully saturated rings. The van der Waals surface area contributed by atoms with Gasteiger partial charge in [0.25, 0.3) is 0 Å². The minimum absolute atomic E-state index is 0.0155. The summed E-state index contributed by atoms with van der Waals surface area (Å²) in [6, 6.07) is 7.89. The molecule has 2 aromatic heterocycles. The van der Waals surface area contributed by atoms with E-state index in [9.17, 15) is 4.79 Å². The first-order chi connectivity index (χ1) is 14.1. The molecular weight excluding hydrogens is 398 g/mol. The van der Waals surface area contributed by atoms with Crippen molar-refractivity contribution in [3.8, 4) is 0 Å². The van der Waals surface area contributed by atoms with Gasteiger partial charge in [0.1, 0.15) is 15.7 Å². The van der Waals surface area contributed by atoms with E-state index in [4.69, 9.17) is 9.97 Å². The standard InChI is InChI=1S/C23H25N3OS2/c1-13-7-10-16-18(11-13)29-23-20(16)22(25-21(26-23)15-8-9-15)28-12-19(27)24-17-6-4-3-5-14(17)2/h3-6,13,15H,7-12H2,1-2H3,(H,24,27). The van der Waals surface area contributed by atoms with Gasteiger partial charge in [0.15, 0.2) is 0 Å². The molecule has 1 unspecified atom stereocenters. The zero-order valence-electron chi connectivity index (χ0n) is 16.8. The molecule has 0 spiro atoms. The Morgan fingerprint density at radius 2 is 2.07 bits per heavy atom. The number of thiophene rings is 1. The Balaban J connectivity index is 1.42. The SMILES string of the molecule is Cc1ccccc1NC(=O)CSc1nc(C2CC2)nc2sc3c(c12)CCC(C)C3. The van der Waals surface area contributed by atoms with Gasteiger partial charge in [-0.05, 0) is 62.1 Å². The quantitative estimate of drug-likeness (QED) is 0.420. The van der Waals surface area contributed by atoms with Crippen molar-refractivity contribution in [3.63, 3.8) is 0 Å². The molecule has 1 atom stereocenters. The largest absolute Gasteiger partial charge is 0.325 e. The number of para-hydroxylation sites is 1. The van der Waals surface area contributed by atoms with Crippen LogP contribution in [0.4, 0.5) is 5.69 Å². The lowest BCUT2D eigenvalue weighted by atomic mass is 9.89. The Labute approximate surface area is 179 Å². The minimum atomic E-state index is 0.0155. The van der Waals surface area contributed by atoms with Crippen LogP contribution in [0.2, 0.25) is 0 Å². The third-order valence-corrected chi connectivity index (χ3v) is 7.96. The molecule has 0 radical (unpaired) electrons. The number of rotatable bonds is 5. The van der Waals surface area contributed by atoms with Crippen molar-refractivity contribution < 1.29 is 4.79 Å². The number of carbonyl (C=O) groups is 1. The molecule has 0 bridgehead atoms. The highest BCUT2D eigenvalue weighted by atomic mass is 32.2. The molecule has 29 heavy (non-hydrogen) atoms. The number of benzene rings is 1. The molecule has 3 aromatic rings. The number of carbonyl (C=O) groups excluding carboxylic acids is 1. The highest BCUT2D eigenvalue weighted by Crippen LogP contribution is 2.44. The highest BCUT2D eigenvalue weighted by Gasteiger charge is 2.30. The second-order valence-corrected chi connectivity index (χ2v) is 10.4. The molecule has 2 aliphatic carbocycles. The van der Waals surface area contributed by atoms with Gasteiger partial charge in [-0.15, -0.1) is 11.3 Å². The first-order valence-electron chi connectivity index (χ1n) is 10.4. The van der Waals surface area contributed by atoms with E-state index < -0.39 is 0 Å². The number of amides is 1. The van der Waals surface area contributed by atoms with Gasteiger partial charge in [-0.2, -0.15) is 0 Å². The van der Waals surface area contributed by atoms with E-state index in [1.807, 2.05) is 42.5 Å². The van der Waals surface area contributed by atoms with Gasteiger partial charge >= 0.3 is 0 Å². The summed E-state index contributed by atoms with van der Waals surface area (Å²) in [6.07, 6.45) is 5.84. The van der Waals surface area contributed by atoms with E-state index in [-0.39, 0.29) is 5.91 Å². The maximum absolute atomic E-state index is 12.6. The fourth-order valence-electron chi connectivity index (χ4n) is 3.99. The number of aromatic nitrogens is 2. The second-order valence-electron chi connectivity index (χ2n) is 8.34. The number of hydrogen-bond acceptors (Lipinski definition) is 5. The molecule has 0 aliphatic heterocycles. The van der Waals surface area contributed by atoms with Crippen LogP contribution in [-0.4, -0.2) is 21.6 Å². The van der Waals surface area contributed by atoms with E-state index in [2.05, 4.69) is 12.2 Å². The Morgan fingerprint density at radius 3 is 2.86 bits per heavy atom. The third kappa shape index (κ3) is 3.92. The van der Waals surface area contributed by atoms with Gasteiger partial charge in [0.05, 0.1) is 5.75 Å². The molecular formula is C23H25N3OS2. The summed E-state index contributed by atoms with van der Waals surface area (Å²) in [6.45, 7) is 4.34. The lowest BCUT2D eigenvalue weighted by Crippen LogP contribution is -2.15. The number of hydrogen-bond donors (Lipinski definition) is 1. The van der Waals surface area contributed by atoms with Gasteiger partial charge in [0.2, 0.25) is 5.91 Å². The Morgan fingerprint density at radius 1 is 1.24 bits per heavy atom. The van der Waals surface area contributed by atoms with Crippen molar-refractivity contribution in [2.75, 3.05) is 11.1 Å². The summed E-state index contributed by atoms with van der Waals surface area (Å²) in [5, 5.41) is 5.26. The average Bonchev–Trinajstić information content (AvgIpc) is 3.48. The van der Waals surface area contributed by atoms with Crippen molar-refractivity contribution in [2.45, 2.75) is 56.9 Å². The summed E-state index contributed by atoms with van der Waals surface area (Å²) >= 11 is 3.42. The van der Waals surface area contributed by atoms with Crippen molar-refractivity contribution in [2.24, 2.45) is 5.92 Å². The van der Waals surface area contributed by atoms with Crippen LogP contribution in [-0.2, 0) is 17.6 Å². The smallest absolute Gasteiger partial charge is 0.234 e. The van der Waals surface area contributed by atoms with Crippen LogP contribution in [0.25, 0.3) is 10.2 Å². The number of nitrogens with zero attached hydrogens (tertiary/aromatic N) is 2.